The van der Waals surface area contributed by atoms with Crippen LogP contribution in [0.25, 0.3) is 27.5 Å². The van der Waals surface area contributed by atoms with Crippen molar-refractivity contribution in [2.24, 2.45) is 7.05 Å². The van der Waals surface area contributed by atoms with E-state index in [4.69, 9.17) is 0 Å². The summed E-state index contributed by atoms with van der Waals surface area (Å²) in [6.07, 6.45) is 3.78. The van der Waals surface area contributed by atoms with Gasteiger partial charge in [0.1, 0.15) is 6.04 Å². The molecule has 1 aliphatic rings. The van der Waals surface area contributed by atoms with Gasteiger partial charge in [-0.3, -0.25) is 0 Å². The number of rotatable bonds is 0. The smallest absolute Gasteiger partial charge is 0.307 e. The molecule has 3 heterocycles. The van der Waals surface area contributed by atoms with Gasteiger partial charge in [0.05, 0.1) is 11.2 Å². The van der Waals surface area contributed by atoms with Gasteiger partial charge < -0.3 is 4.57 Å². The molecule has 5 rings (SSSR count). The molecule has 0 aliphatic carbocycles. The Morgan fingerprint density at radius 1 is 1.10 bits per heavy atom. The fourth-order valence-corrected chi connectivity index (χ4v) is 3.64. The Morgan fingerprint density at radius 3 is 2.86 bits per heavy atom. The fourth-order valence-electron chi connectivity index (χ4n) is 3.64. The van der Waals surface area contributed by atoms with Crippen molar-refractivity contribution >= 4 is 21.8 Å². The molecule has 0 fully saturated rings. The molecule has 0 saturated heterocycles. The molecule has 0 amide bonds. The first-order valence-electron chi connectivity index (χ1n) is 7.21. The van der Waals surface area contributed by atoms with Crippen LogP contribution in [0.3, 0.4) is 0 Å². The van der Waals surface area contributed by atoms with Crippen LogP contribution in [-0.2, 0) is 7.05 Å². The molecule has 1 atom stereocenters. The lowest BCUT2D eigenvalue weighted by atomic mass is 10.0. The first-order chi connectivity index (χ1) is 10.3. The highest BCUT2D eigenvalue weighted by atomic mass is 15.5. The van der Waals surface area contributed by atoms with E-state index < -0.39 is 0 Å². The van der Waals surface area contributed by atoms with Gasteiger partial charge in [-0.15, -0.1) is 9.36 Å². The fraction of sp³-hybridized carbons (Fsp3) is 0.176. The van der Waals surface area contributed by atoms with Gasteiger partial charge in [0, 0.05) is 28.9 Å². The van der Waals surface area contributed by atoms with E-state index in [0.29, 0.717) is 6.04 Å². The van der Waals surface area contributed by atoms with Gasteiger partial charge in [0.25, 0.3) is 0 Å². The minimum Gasteiger partial charge on any atom is -0.344 e. The first kappa shape index (κ1) is 11.1. The van der Waals surface area contributed by atoms with E-state index in [2.05, 4.69) is 69.3 Å². The van der Waals surface area contributed by atoms with Crippen LogP contribution in [0.1, 0.15) is 18.5 Å². The highest BCUT2D eigenvalue weighted by Crippen LogP contribution is 2.35. The largest absolute Gasteiger partial charge is 0.344 e. The molecule has 0 bridgehead atoms. The second-order valence-corrected chi connectivity index (χ2v) is 5.78. The van der Waals surface area contributed by atoms with Crippen LogP contribution in [0.4, 0.5) is 0 Å². The number of hydrogen-bond acceptors (Lipinski definition) is 1. The zero-order chi connectivity index (χ0) is 14.1. The maximum Gasteiger partial charge on any atom is 0.307 e. The normalized spacial score (nSPS) is 16.6. The van der Waals surface area contributed by atoms with Gasteiger partial charge in [-0.2, -0.15) is 0 Å². The molecule has 1 unspecified atom stereocenters. The molecule has 0 N–H and O–H groups in total. The standard InChI is InChI=1S/C17H15N4/c1-11-13-7-14-12-5-3-4-6-15(12)19(2)16(14)8-17(13)21-10-18-9-20(11)21/h3-11H,1-2H3/q+1. The molecular formula is C17H15N4+. The Morgan fingerprint density at radius 2 is 1.95 bits per heavy atom. The molecule has 0 radical (unpaired) electrons. The Labute approximate surface area is 121 Å². The van der Waals surface area contributed by atoms with Crippen molar-refractivity contribution < 1.29 is 4.68 Å². The second-order valence-electron chi connectivity index (χ2n) is 5.78. The number of benzene rings is 2. The predicted molar refractivity (Wildman–Crippen MR) is 81.6 cm³/mol. The van der Waals surface area contributed by atoms with E-state index in [-0.39, 0.29) is 0 Å². The molecule has 0 saturated carbocycles. The molecule has 0 spiro atoms. The Bertz CT molecular complexity index is 1020. The maximum absolute atomic E-state index is 4.26. The highest BCUT2D eigenvalue weighted by molar-refractivity contribution is 6.08. The molecular weight excluding hydrogens is 260 g/mol. The van der Waals surface area contributed by atoms with Crippen LogP contribution < -0.4 is 4.68 Å². The molecule has 21 heavy (non-hydrogen) atoms. The summed E-state index contributed by atoms with van der Waals surface area (Å²) < 4.78 is 6.58. The third kappa shape index (κ3) is 1.21. The third-order valence-electron chi connectivity index (χ3n) is 4.77. The zero-order valence-electron chi connectivity index (χ0n) is 12.0. The summed E-state index contributed by atoms with van der Waals surface area (Å²) in [5.74, 6) is 0. The lowest BCUT2D eigenvalue weighted by Crippen LogP contribution is -2.39. The molecule has 102 valence electrons. The monoisotopic (exact) mass is 275 g/mol. The summed E-state index contributed by atoms with van der Waals surface area (Å²) in [6.45, 7) is 2.22. The van der Waals surface area contributed by atoms with Gasteiger partial charge in [0.15, 0.2) is 0 Å². The van der Waals surface area contributed by atoms with Gasteiger partial charge in [-0.1, -0.05) is 18.2 Å². The van der Waals surface area contributed by atoms with Crippen LogP contribution >= 0.6 is 0 Å². The number of aryl methyl sites for hydroxylation is 1. The number of hydrogen-bond donors (Lipinski definition) is 0. The summed E-state index contributed by atoms with van der Waals surface area (Å²) in [7, 11) is 2.14. The van der Waals surface area contributed by atoms with Crippen LogP contribution in [0.2, 0.25) is 0 Å². The topological polar surface area (TPSA) is 26.6 Å². The van der Waals surface area contributed by atoms with Gasteiger partial charge in [0.2, 0.25) is 6.33 Å². The summed E-state index contributed by atoms with van der Waals surface area (Å²) in [5, 5.41) is 2.66. The van der Waals surface area contributed by atoms with Crippen molar-refractivity contribution in [3.63, 3.8) is 0 Å². The van der Waals surface area contributed by atoms with E-state index in [1.54, 1.807) is 0 Å². The zero-order valence-corrected chi connectivity index (χ0v) is 12.0. The molecule has 2 aromatic heterocycles. The highest BCUT2D eigenvalue weighted by Gasteiger charge is 2.31. The Balaban J connectivity index is 1.97. The van der Waals surface area contributed by atoms with E-state index >= 15 is 0 Å². The minimum atomic E-state index is 0.325. The van der Waals surface area contributed by atoms with Gasteiger partial charge in [-0.05, 0) is 30.1 Å². The number of aromatic nitrogens is 4. The first-order valence-corrected chi connectivity index (χ1v) is 7.21. The maximum atomic E-state index is 4.26. The lowest BCUT2D eigenvalue weighted by Gasteiger charge is -2.02. The van der Waals surface area contributed by atoms with Crippen LogP contribution in [-0.4, -0.2) is 14.2 Å². The molecule has 2 aromatic carbocycles. The van der Waals surface area contributed by atoms with Crippen LogP contribution in [0.5, 0.6) is 0 Å². The SMILES string of the molecule is CC1c2cc3c4ccccc4n(C)c3cc2-n2cnc[n+]21. The van der Waals surface area contributed by atoms with Crippen LogP contribution in [0, 0.1) is 0 Å². The van der Waals surface area contributed by atoms with E-state index in [9.17, 15) is 0 Å². The number of para-hydroxylation sites is 1. The van der Waals surface area contributed by atoms with E-state index in [0.717, 1.165) is 0 Å². The summed E-state index contributed by atoms with van der Waals surface area (Å²) in [4.78, 5) is 4.26. The van der Waals surface area contributed by atoms with Crippen molar-refractivity contribution in [1.82, 2.24) is 14.2 Å². The van der Waals surface area contributed by atoms with E-state index in [1.165, 1.54) is 33.1 Å². The predicted octanol–water partition coefficient (Wildman–Crippen LogP) is 2.73. The number of nitrogens with zero attached hydrogens (tertiary/aromatic N) is 4. The summed E-state index contributed by atoms with van der Waals surface area (Å²) in [5.41, 5.74) is 5.14. The molecule has 4 nitrogen and oxygen atoms in total. The van der Waals surface area contributed by atoms with Crippen molar-refractivity contribution in [2.75, 3.05) is 0 Å². The van der Waals surface area contributed by atoms with Crippen molar-refractivity contribution in [2.45, 2.75) is 13.0 Å². The summed E-state index contributed by atoms with van der Waals surface area (Å²) >= 11 is 0. The average molecular weight is 275 g/mol. The number of fused-ring (bicyclic) bond motifs is 6. The average Bonchev–Trinajstić information content (AvgIpc) is 3.16. The van der Waals surface area contributed by atoms with Crippen molar-refractivity contribution in [3.05, 3.63) is 54.6 Å². The Kier molecular flexibility index (Phi) is 1.86. The van der Waals surface area contributed by atoms with Crippen molar-refractivity contribution in [3.8, 4) is 5.69 Å². The molecule has 1 aliphatic heterocycles. The molecule has 4 heteroatoms. The van der Waals surface area contributed by atoms with Gasteiger partial charge >= 0.3 is 6.33 Å². The molecule has 4 aromatic rings. The summed E-state index contributed by atoms with van der Waals surface area (Å²) in [6, 6.07) is 13.6. The quantitative estimate of drug-likeness (QED) is 0.453. The lowest BCUT2D eigenvalue weighted by molar-refractivity contribution is -0.771. The van der Waals surface area contributed by atoms with Crippen LogP contribution in [0.15, 0.2) is 49.1 Å². The van der Waals surface area contributed by atoms with Gasteiger partial charge in [-0.25, -0.2) is 0 Å². The Hall–Kier alpha value is -2.62. The van der Waals surface area contributed by atoms with Crippen molar-refractivity contribution in [1.29, 1.82) is 0 Å². The minimum absolute atomic E-state index is 0.325. The second kappa shape index (κ2) is 3.52. The third-order valence-corrected chi connectivity index (χ3v) is 4.77. The van der Waals surface area contributed by atoms with E-state index in [1.807, 2.05) is 12.7 Å².